The Balaban J connectivity index is 1.31. The molecular weight excluding hydrogens is 398 g/mol. The summed E-state index contributed by atoms with van der Waals surface area (Å²) in [4.78, 5) is 16.9. The predicted molar refractivity (Wildman–Crippen MR) is 111 cm³/mol. The second-order valence-electron chi connectivity index (χ2n) is 8.09. The van der Waals surface area contributed by atoms with Crippen LogP contribution in [0, 0.1) is 0 Å². The molecule has 31 heavy (non-hydrogen) atoms. The number of methoxy groups -OCH3 is 1. The maximum absolute atomic E-state index is 13.0. The van der Waals surface area contributed by atoms with Gasteiger partial charge in [0.1, 0.15) is 11.4 Å². The summed E-state index contributed by atoms with van der Waals surface area (Å²) in [6.45, 7) is 2.21. The Morgan fingerprint density at radius 1 is 1.23 bits per heavy atom. The number of hydrogen-bond acceptors (Lipinski definition) is 7. The molecule has 1 aromatic carbocycles. The molecule has 0 bridgehead atoms. The van der Waals surface area contributed by atoms with Gasteiger partial charge in [-0.3, -0.25) is 14.8 Å². The van der Waals surface area contributed by atoms with E-state index >= 15 is 0 Å². The standard InChI is InChI=1S/C21H25N7O3/c1-26-11-14(29)9-18(26)20-25-24-19-12-27(7-8-28(19)20)21(30)17-10-16(22-23-17)13-3-5-15(31-2)6-4-13/h3-6,10,14,18,29H,7-9,11-12H2,1-2H3,(H,22,23). The Labute approximate surface area is 179 Å². The van der Waals surface area contributed by atoms with E-state index in [0.717, 1.165) is 23.0 Å². The van der Waals surface area contributed by atoms with Crippen LogP contribution in [-0.4, -0.2) is 79.1 Å². The number of aromatic amines is 1. The minimum absolute atomic E-state index is 0.0539. The number of likely N-dealkylation sites (N-methyl/N-ethyl adjacent to an activating group) is 1. The largest absolute Gasteiger partial charge is 0.497 e. The van der Waals surface area contributed by atoms with Gasteiger partial charge >= 0.3 is 0 Å². The molecule has 5 rings (SSSR count). The van der Waals surface area contributed by atoms with Crippen LogP contribution in [0.4, 0.5) is 0 Å². The first-order chi connectivity index (χ1) is 15.0. The van der Waals surface area contributed by atoms with Gasteiger partial charge in [0, 0.05) is 25.2 Å². The fourth-order valence-electron chi connectivity index (χ4n) is 4.39. The lowest BCUT2D eigenvalue weighted by Gasteiger charge is -2.28. The van der Waals surface area contributed by atoms with E-state index in [1.54, 1.807) is 18.1 Å². The Hall–Kier alpha value is -3.24. The van der Waals surface area contributed by atoms with E-state index < -0.39 is 0 Å². The maximum atomic E-state index is 13.0. The van der Waals surface area contributed by atoms with E-state index in [1.165, 1.54) is 0 Å². The Kier molecular flexibility index (Phi) is 4.95. The zero-order valence-electron chi connectivity index (χ0n) is 17.5. The Morgan fingerprint density at radius 3 is 2.74 bits per heavy atom. The van der Waals surface area contributed by atoms with Gasteiger partial charge < -0.3 is 19.3 Å². The van der Waals surface area contributed by atoms with E-state index in [9.17, 15) is 9.90 Å². The van der Waals surface area contributed by atoms with Crippen molar-refractivity contribution in [3.05, 3.63) is 47.7 Å². The summed E-state index contributed by atoms with van der Waals surface area (Å²) >= 11 is 0. The van der Waals surface area contributed by atoms with Crippen molar-refractivity contribution in [1.82, 2.24) is 34.8 Å². The predicted octanol–water partition coefficient (Wildman–Crippen LogP) is 1.07. The number of nitrogens with zero attached hydrogens (tertiary/aromatic N) is 6. The van der Waals surface area contributed by atoms with Crippen LogP contribution in [-0.2, 0) is 13.1 Å². The van der Waals surface area contributed by atoms with Crippen LogP contribution in [0.2, 0.25) is 0 Å². The minimum atomic E-state index is -0.343. The van der Waals surface area contributed by atoms with Gasteiger partial charge in [-0.15, -0.1) is 10.2 Å². The topological polar surface area (TPSA) is 112 Å². The van der Waals surface area contributed by atoms with E-state index in [4.69, 9.17) is 4.74 Å². The van der Waals surface area contributed by atoms with Gasteiger partial charge in [0.25, 0.3) is 5.91 Å². The van der Waals surface area contributed by atoms with Gasteiger partial charge in [-0.05, 0) is 43.8 Å². The molecule has 0 aliphatic carbocycles. The molecule has 1 saturated heterocycles. The number of amides is 1. The van der Waals surface area contributed by atoms with E-state index in [2.05, 4.69) is 29.9 Å². The smallest absolute Gasteiger partial charge is 0.272 e. The first-order valence-corrected chi connectivity index (χ1v) is 10.3. The van der Waals surface area contributed by atoms with Crippen molar-refractivity contribution in [3.8, 4) is 17.0 Å². The highest BCUT2D eigenvalue weighted by atomic mass is 16.5. The highest BCUT2D eigenvalue weighted by molar-refractivity contribution is 5.93. The molecule has 1 amide bonds. The number of aliphatic hydroxyl groups excluding tert-OH is 1. The van der Waals surface area contributed by atoms with Crippen LogP contribution in [0.1, 0.15) is 34.6 Å². The number of fused-ring (bicyclic) bond motifs is 1. The number of carbonyl (C=O) groups is 1. The second-order valence-corrected chi connectivity index (χ2v) is 8.09. The molecule has 2 unspecified atom stereocenters. The quantitative estimate of drug-likeness (QED) is 0.645. The molecule has 2 aromatic heterocycles. The molecule has 4 heterocycles. The van der Waals surface area contributed by atoms with Crippen molar-refractivity contribution < 1.29 is 14.6 Å². The highest BCUT2D eigenvalue weighted by Gasteiger charge is 2.35. The summed E-state index contributed by atoms with van der Waals surface area (Å²) in [5.41, 5.74) is 2.05. The summed E-state index contributed by atoms with van der Waals surface area (Å²) in [6.07, 6.45) is 0.310. The zero-order chi connectivity index (χ0) is 21.5. The first-order valence-electron chi connectivity index (χ1n) is 10.3. The van der Waals surface area contributed by atoms with Crippen LogP contribution in [0.3, 0.4) is 0 Å². The van der Waals surface area contributed by atoms with Crippen LogP contribution in [0.15, 0.2) is 30.3 Å². The molecular formula is C21H25N7O3. The third-order valence-corrected chi connectivity index (χ3v) is 6.09. The summed E-state index contributed by atoms with van der Waals surface area (Å²) in [5.74, 6) is 2.28. The zero-order valence-corrected chi connectivity index (χ0v) is 17.5. The average molecular weight is 423 g/mol. The maximum Gasteiger partial charge on any atom is 0.272 e. The van der Waals surface area contributed by atoms with Gasteiger partial charge in [0.15, 0.2) is 11.6 Å². The van der Waals surface area contributed by atoms with Gasteiger partial charge in [-0.25, -0.2) is 0 Å². The lowest BCUT2D eigenvalue weighted by molar-refractivity contribution is 0.0699. The average Bonchev–Trinajstić information content (AvgIpc) is 3.51. The normalized spacial score (nSPS) is 21.3. The SMILES string of the molecule is COc1ccc(-c2cc(C(=O)N3CCn4c(nnc4C4CC(O)CN4C)C3)[nH]n2)cc1. The van der Waals surface area contributed by atoms with Gasteiger partial charge in [0.2, 0.25) is 0 Å². The number of aromatic nitrogens is 5. The number of ether oxygens (including phenoxy) is 1. The summed E-state index contributed by atoms with van der Waals surface area (Å²) in [5, 5.41) is 25.8. The fraction of sp³-hybridized carbons (Fsp3) is 0.429. The number of hydrogen-bond donors (Lipinski definition) is 2. The van der Waals surface area contributed by atoms with Gasteiger partial charge in [0.05, 0.1) is 31.5 Å². The molecule has 2 aliphatic heterocycles. The lowest BCUT2D eigenvalue weighted by Crippen LogP contribution is -2.39. The summed E-state index contributed by atoms with van der Waals surface area (Å²) < 4.78 is 7.27. The monoisotopic (exact) mass is 423 g/mol. The van der Waals surface area contributed by atoms with Gasteiger partial charge in [-0.1, -0.05) is 0 Å². The number of nitrogens with one attached hydrogen (secondary N) is 1. The summed E-state index contributed by atoms with van der Waals surface area (Å²) in [7, 11) is 3.61. The molecule has 0 radical (unpaired) electrons. The molecule has 2 atom stereocenters. The van der Waals surface area contributed by atoms with E-state index in [1.807, 2.05) is 31.3 Å². The second kappa shape index (κ2) is 7.78. The molecule has 1 fully saturated rings. The lowest BCUT2D eigenvalue weighted by atomic mass is 10.1. The van der Waals surface area contributed by atoms with Crippen molar-refractivity contribution in [2.75, 3.05) is 27.2 Å². The van der Waals surface area contributed by atoms with Crippen molar-refractivity contribution in [2.45, 2.75) is 31.7 Å². The number of β-amino-alcohol motifs (C(OH)–C–C–N with tert-alkyl or cyclic N) is 1. The summed E-state index contributed by atoms with van der Waals surface area (Å²) in [6, 6.07) is 9.36. The first kappa shape index (κ1) is 19.7. The minimum Gasteiger partial charge on any atom is -0.497 e. The molecule has 3 aromatic rings. The molecule has 10 nitrogen and oxygen atoms in total. The molecule has 2 aliphatic rings. The van der Waals surface area contributed by atoms with Crippen molar-refractivity contribution in [2.24, 2.45) is 0 Å². The third kappa shape index (κ3) is 3.57. The van der Waals surface area contributed by atoms with Gasteiger partial charge in [-0.2, -0.15) is 5.10 Å². The van der Waals surface area contributed by atoms with Crippen molar-refractivity contribution in [3.63, 3.8) is 0 Å². The third-order valence-electron chi connectivity index (χ3n) is 6.09. The Bertz CT molecular complexity index is 1090. The van der Waals surface area contributed by atoms with E-state index in [0.29, 0.717) is 44.0 Å². The van der Waals surface area contributed by atoms with Crippen LogP contribution >= 0.6 is 0 Å². The molecule has 162 valence electrons. The van der Waals surface area contributed by atoms with Crippen molar-refractivity contribution >= 4 is 5.91 Å². The molecule has 0 saturated carbocycles. The number of benzene rings is 1. The van der Waals surface area contributed by atoms with Crippen LogP contribution in [0.25, 0.3) is 11.3 Å². The Morgan fingerprint density at radius 2 is 2.03 bits per heavy atom. The van der Waals surface area contributed by atoms with E-state index in [-0.39, 0.29) is 18.1 Å². The number of carbonyl (C=O) groups excluding carboxylic acids is 1. The van der Waals surface area contributed by atoms with Crippen molar-refractivity contribution in [1.29, 1.82) is 0 Å². The number of likely N-dealkylation sites (tertiary alicyclic amines) is 1. The fourth-order valence-corrected chi connectivity index (χ4v) is 4.39. The molecule has 10 heteroatoms. The van der Waals surface area contributed by atoms with Crippen LogP contribution < -0.4 is 4.74 Å². The highest BCUT2D eigenvalue weighted by Crippen LogP contribution is 2.31. The van der Waals surface area contributed by atoms with Crippen LogP contribution in [0.5, 0.6) is 5.75 Å². The number of aliphatic hydroxyl groups is 1. The number of H-pyrrole nitrogens is 1. The molecule has 2 N–H and O–H groups in total. The number of rotatable bonds is 4. The molecule has 0 spiro atoms.